The van der Waals surface area contributed by atoms with E-state index >= 15 is 0 Å². The SMILES string of the molecule is Cc1cc(C)c(C(=O)NC(C)c2cccc(Cl)c2)cc1N. The fraction of sp³-hybridized carbons (Fsp3) is 0.235. The van der Waals surface area contributed by atoms with E-state index in [1.54, 1.807) is 6.07 Å². The number of aryl methyl sites for hydroxylation is 2. The number of benzene rings is 2. The molecule has 4 heteroatoms. The van der Waals surface area contributed by atoms with Crippen LogP contribution in [0.3, 0.4) is 0 Å². The van der Waals surface area contributed by atoms with E-state index in [1.165, 1.54) is 0 Å². The average molecular weight is 303 g/mol. The van der Waals surface area contributed by atoms with Crippen molar-refractivity contribution in [1.82, 2.24) is 5.32 Å². The Hall–Kier alpha value is -2.00. The molecule has 0 saturated heterocycles. The lowest BCUT2D eigenvalue weighted by Gasteiger charge is -2.16. The Kier molecular flexibility index (Phi) is 4.53. The normalized spacial score (nSPS) is 12.0. The van der Waals surface area contributed by atoms with Gasteiger partial charge < -0.3 is 11.1 Å². The van der Waals surface area contributed by atoms with Gasteiger partial charge in [0.15, 0.2) is 0 Å². The maximum absolute atomic E-state index is 12.4. The lowest BCUT2D eigenvalue weighted by Crippen LogP contribution is -2.27. The molecule has 0 aromatic heterocycles. The Balaban J connectivity index is 2.20. The summed E-state index contributed by atoms with van der Waals surface area (Å²) in [6.45, 7) is 5.76. The first kappa shape index (κ1) is 15.4. The summed E-state index contributed by atoms with van der Waals surface area (Å²) in [6, 6.07) is 11.0. The average Bonchev–Trinajstić information content (AvgIpc) is 2.42. The molecule has 3 nitrogen and oxygen atoms in total. The summed E-state index contributed by atoms with van der Waals surface area (Å²) >= 11 is 5.98. The van der Waals surface area contributed by atoms with Crippen molar-refractivity contribution in [1.29, 1.82) is 0 Å². The summed E-state index contributed by atoms with van der Waals surface area (Å²) in [5.41, 5.74) is 9.98. The van der Waals surface area contributed by atoms with Crippen molar-refractivity contribution in [3.8, 4) is 0 Å². The van der Waals surface area contributed by atoms with Crippen molar-refractivity contribution in [3.63, 3.8) is 0 Å². The first-order valence-electron chi connectivity index (χ1n) is 6.81. The van der Waals surface area contributed by atoms with Gasteiger partial charge in [0.1, 0.15) is 0 Å². The summed E-state index contributed by atoms with van der Waals surface area (Å²) in [4.78, 5) is 12.4. The summed E-state index contributed by atoms with van der Waals surface area (Å²) in [6.07, 6.45) is 0. The molecular weight excluding hydrogens is 284 g/mol. The number of amides is 1. The van der Waals surface area contributed by atoms with Crippen LogP contribution in [-0.4, -0.2) is 5.91 Å². The Labute approximate surface area is 130 Å². The zero-order valence-corrected chi connectivity index (χ0v) is 13.2. The van der Waals surface area contributed by atoms with E-state index in [2.05, 4.69) is 5.32 Å². The van der Waals surface area contributed by atoms with Crippen LogP contribution in [0.25, 0.3) is 0 Å². The zero-order valence-electron chi connectivity index (χ0n) is 12.4. The molecule has 0 radical (unpaired) electrons. The van der Waals surface area contributed by atoms with Crippen molar-refractivity contribution in [2.24, 2.45) is 0 Å². The quantitative estimate of drug-likeness (QED) is 0.841. The second-order valence-corrected chi connectivity index (χ2v) is 5.71. The van der Waals surface area contributed by atoms with Crippen LogP contribution in [0.4, 0.5) is 5.69 Å². The second kappa shape index (κ2) is 6.19. The molecule has 0 aliphatic heterocycles. The van der Waals surface area contributed by atoms with Crippen molar-refractivity contribution in [3.05, 3.63) is 63.7 Å². The van der Waals surface area contributed by atoms with Gasteiger partial charge in [0.05, 0.1) is 6.04 Å². The largest absolute Gasteiger partial charge is 0.398 e. The topological polar surface area (TPSA) is 55.1 Å². The molecule has 0 heterocycles. The molecule has 2 aromatic carbocycles. The third-order valence-electron chi connectivity index (χ3n) is 3.55. The van der Waals surface area contributed by atoms with Gasteiger partial charge in [0.2, 0.25) is 0 Å². The number of nitrogen functional groups attached to an aromatic ring is 1. The van der Waals surface area contributed by atoms with Crippen LogP contribution in [0, 0.1) is 13.8 Å². The van der Waals surface area contributed by atoms with E-state index < -0.39 is 0 Å². The van der Waals surface area contributed by atoms with Gasteiger partial charge in [-0.05, 0) is 55.7 Å². The van der Waals surface area contributed by atoms with E-state index in [0.29, 0.717) is 16.3 Å². The van der Waals surface area contributed by atoms with Gasteiger partial charge >= 0.3 is 0 Å². The number of halogens is 1. The monoisotopic (exact) mass is 302 g/mol. The van der Waals surface area contributed by atoms with Crippen LogP contribution >= 0.6 is 11.6 Å². The smallest absolute Gasteiger partial charge is 0.252 e. The predicted octanol–water partition coefficient (Wildman–Crippen LogP) is 4.03. The zero-order chi connectivity index (χ0) is 15.6. The van der Waals surface area contributed by atoms with Crippen LogP contribution in [-0.2, 0) is 0 Å². The predicted molar refractivity (Wildman–Crippen MR) is 87.7 cm³/mol. The van der Waals surface area contributed by atoms with Crippen molar-refractivity contribution < 1.29 is 4.79 Å². The van der Waals surface area contributed by atoms with E-state index in [9.17, 15) is 4.79 Å². The molecule has 1 amide bonds. The highest BCUT2D eigenvalue weighted by Crippen LogP contribution is 2.20. The van der Waals surface area contributed by atoms with Crippen LogP contribution in [0.2, 0.25) is 5.02 Å². The Morgan fingerprint density at radius 1 is 1.19 bits per heavy atom. The molecule has 3 N–H and O–H groups in total. The van der Waals surface area contributed by atoms with Crippen LogP contribution < -0.4 is 11.1 Å². The number of nitrogens with one attached hydrogen (secondary N) is 1. The van der Waals surface area contributed by atoms with Crippen LogP contribution in [0.1, 0.15) is 40.0 Å². The molecule has 0 fully saturated rings. The number of nitrogens with two attached hydrogens (primary N) is 1. The number of anilines is 1. The van der Waals surface area contributed by atoms with E-state index in [0.717, 1.165) is 16.7 Å². The molecule has 0 saturated carbocycles. The van der Waals surface area contributed by atoms with Crippen LogP contribution in [0.5, 0.6) is 0 Å². The summed E-state index contributed by atoms with van der Waals surface area (Å²) in [5.74, 6) is -0.133. The highest BCUT2D eigenvalue weighted by atomic mass is 35.5. The van der Waals surface area contributed by atoms with Gasteiger partial charge in [-0.25, -0.2) is 0 Å². The number of carbonyl (C=O) groups is 1. The van der Waals surface area contributed by atoms with E-state index in [-0.39, 0.29) is 11.9 Å². The molecule has 0 aliphatic carbocycles. The van der Waals surface area contributed by atoms with E-state index in [1.807, 2.05) is 51.1 Å². The van der Waals surface area contributed by atoms with Gasteiger partial charge in [-0.1, -0.05) is 29.8 Å². The van der Waals surface area contributed by atoms with Gasteiger partial charge in [-0.3, -0.25) is 4.79 Å². The molecule has 2 aromatic rings. The molecule has 110 valence electrons. The minimum Gasteiger partial charge on any atom is -0.398 e. The van der Waals surface area contributed by atoms with Gasteiger partial charge in [-0.2, -0.15) is 0 Å². The van der Waals surface area contributed by atoms with Crippen LogP contribution in [0.15, 0.2) is 36.4 Å². The third kappa shape index (κ3) is 3.56. The van der Waals surface area contributed by atoms with E-state index in [4.69, 9.17) is 17.3 Å². The maximum Gasteiger partial charge on any atom is 0.252 e. The Bertz CT molecular complexity index is 682. The molecule has 2 rings (SSSR count). The number of rotatable bonds is 3. The molecule has 0 bridgehead atoms. The number of carbonyl (C=O) groups excluding carboxylic acids is 1. The summed E-state index contributed by atoms with van der Waals surface area (Å²) < 4.78 is 0. The number of hydrogen-bond donors (Lipinski definition) is 2. The molecule has 21 heavy (non-hydrogen) atoms. The molecule has 1 atom stereocenters. The summed E-state index contributed by atoms with van der Waals surface area (Å²) in [5, 5.41) is 3.63. The lowest BCUT2D eigenvalue weighted by atomic mass is 10.0. The fourth-order valence-corrected chi connectivity index (χ4v) is 2.45. The van der Waals surface area contributed by atoms with Crippen molar-refractivity contribution >= 4 is 23.2 Å². The summed E-state index contributed by atoms with van der Waals surface area (Å²) in [7, 11) is 0. The van der Waals surface area contributed by atoms with Gasteiger partial charge in [0, 0.05) is 16.3 Å². The Morgan fingerprint density at radius 2 is 1.90 bits per heavy atom. The molecule has 0 aliphatic rings. The Morgan fingerprint density at radius 3 is 2.57 bits per heavy atom. The highest BCUT2D eigenvalue weighted by molar-refractivity contribution is 6.30. The second-order valence-electron chi connectivity index (χ2n) is 5.27. The first-order chi connectivity index (χ1) is 9.88. The highest BCUT2D eigenvalue weighted by Gasteiger charge is 2.14. The maximum atomic E-state index is 12.4. The molecule has 0 spiro atoms. The van der Waals surface area contributed by atoms with Gasteiger partial charge in [0.25, 0.3) is 5.91 Å². The first-order valence-corrected chi connectivity index (χ1v) is 7.19. The fourth-order valence-electron chi connectivity index (χ4n) is 2.25. The van der Waals surface area contributed by atoms with Crippen molar-refractivity contribution in [2.45, 2.75) is 26.8 Å². The molecule has 1 unspecified atom stereocenters. The van der Waals surface area contributed by atoms with Gasteiger partial charge in [-0.15, -0.1) is 0 Å². The minimum atomic E-state index is -0.133. The number of hydrogen-bond acceptors (Lipinski definition) is 2. The lowest BCUT2D eigenvalue weighted by molar-refractivity contribution is 0.0939. The minimum absolute atomic E-state index is 0.127. The molecular formula is C17H19ClN2O. The van der Waals surface area contributed by atoms with Crippen molar-refractivity contribution in [2.75, 3.05) is 5.73 Å². The standard InChI is InChI=1S/C17H19ClN2O/c1-10-7-11(2)16(19)9-15(10)17(21)20-12(3)13-5-4-6-14(18)8-13/h4-9,12H,19H2,1-3H3,(H,20,21). The third-order valence-corrected chi connectivity index (χ3v) is 3.79.